The number of nitrogens with two attached hydrogens (primary N) is 1. The Morgan fingerprint density at radius 2 is 1.06 bits per heavy atom. The number of nitrogens with zero attached hydrogens (tertiary/aromatic N) is 3. The number of carbonyl (C=O) groups excluding carboxylic acids is 3. The molecule has 11 heteroatoms. The summed E-state index contributed by atoms with van der Waals surface area (Å²) in [6.07, 6.45) is 0.561. The molecule has 3 aromatic rings. The van der Waals surface area contributed by atoms with Gasteiger partial charge in [0.2, 0.25) is 0 Å². The van der Waals surface area contributed by atoms with Crippen LogP contribution < -0.4 is 5.73 Å². The van der Waals surface area contributed by atoms with Crippen molar-refractivity contribution in [2.24, 2.45) is 0 Å². The van der Waals surface area contributed by atoms with Crippen LogP contribution in [-0.4, -0.2) is 94.1 Å². The van der Waals surface area contributed by atoms with Crippen molar-refractivity contribution in [2.75, 3.05) is 45.0 Å². The Balaban J connectivity index is 2.01. The highest BCUT2D eigenvalue weighted by molar-refractivity contribution is 7.81. The molecule has 0 aliphatic heterocycles. The Hall–Kier alpha value is -3.90. The molecule has 0 aliphatic carbocycles. The fourth-order valence-corrected chi connectivity index (χ4v) is 5.93. The van der Waals surface area contributed by atoms with E-state index in [0.29, 0.717) is 44.8 Å². The van der Waals surface area contributed by atoms with Gasteiger partial charge in [-0.15, -0.1) is 12.6 Å². The van der Waals surface area contributed by atoms with E-state index in [1.807, 2.05) is 136 Å². The summed E-state index contributed by atoms with van der Waals surface area (Å²) in [5, 5.41) is 0. The number of ether oxygens (including phenoxy) is 3. The van der Waals surface area contributed by atoms with Crippen LogP contribution >= 0.6 is 12.6 Å². The van der Waals surface area contributed by atoms with E-state index in [2.05, 4.69) is 17.5 Å². The molecule has 0 aromatic heterocycles. The molecule has 3 aromatic carbocycles. The number of anilines is 1. The number of thiol groups is 1. The number of nitrogen functional groups attached to an aromatic ring is 1. The molecule has 10 nitrogen and oxygen atoms in total. The van der Waals surface area contributed by atoms with E-state index in [1.54, 1.807) is 13.8 Å². The number of carbonyl (C=O) groups is 3. The molecule has 53 heavy (non-hydrogen) atoms. The average Bonchev–Trinajstić information content (AvgIpc) is 3.02. The molecule has 0 spiro atoms. The predicted molar refractivity (Wildman–Crippen MR) is 214 cm³/mol. The fourth-order valence-electron chi connectivity index (χ4n) is 5.83. The Morgan fingerprint density at radius 1 is 0.604 bits per heavy atom. The number of hydrogen-bond acceptors (Lipinski definition) is 11. The topological polar surface area (TPSA) is 115 Å². The minimum Gasteiger partial charge on any atom is -0.459 e. The molecule has 0 aliphatic rings. The van der Waals surface area contributed by atoms with Gasteiger partial charge in [0.15, 0.2) is 0 Å². The standard InChI is InChI=1S/C42H60N4O6S/c1-40(2,3)50-37(47)29-44(26-33-15-11-9-12-16-33)23-24-45(30-38(48)52-42(7,8)53)28-36(25-32-19-21-35(43)22-20-32)46(27-34-17-13-10-14-18-34)31-39(49)51-41(4,5)6/h9-22,36,53H,23-31,43H2,1-8H3. The van der Waals surface area contributed by atoms with Gasteiger partial charge >= 0.3 is 17.9 Å². The molecule has 0 amide bonds. The van der Waals surface area contributed by atoms with Crippen molar-refractivity contribution in [1.82, 2.24) is 14.7 Å². The van der Waals surface area contributed by atoms with Crippen LogP contribution in [-0.2, 0) is 48.1 Å². The highest BCUT2D eigenvalue weighted by atomic mass is 32.1. The number of rotatable bonds is 19. The lowest BCUT2D eigenvalue weighted by atomic mass is 10.0. The molecule has 0 radical (unpaired) electrons. The third-order valence-electron chi connectivity index (χ3n) is 7.89. The van der Waals surface area contributed by atoms with Crippen molar-refractivity contribution in [2.45, 2.75) is 97.1 Å². The maximum absolute atomic E-state index is 13.4. The van der Waals surface area contributed by atoms with E-state index in [4.69, 9.17) is 19.9 Å². The highest BCUT2D eigenvalue weighted by Gasteiger charge is 2.29. The van der Waals surface area contributed by atoms with Crippen LogP contribution in [0.2, 0.25) is 0 Å². The molecule has 0 heterocycles. The zero-order chi connectivity index (χ0) is 39.2. The molecule has 0 saturated heterocycles. The monoisotopic (exact) mass is 748 g/mol. The maximum Gasteiger partial charge on any atom is 0.321 e. The summed E-state index contributed by atoms with van der Waals surface area (Å²) < 4.78 is 17.2. The van der Waals surface area contributed by atoms with E-state index in [-0.39, 0.29) is 37.6 Å². The second-order valence-electron chi connectivity index (χ2n) is 16.0. The zero-order valence-corrected chi connectivity index (χ0v) is 33.7. The Labute approximate surface area is 322 Å². The van der Waals surface area contributed by atoms with Crippen molar-refractivity contribution in [1.29, 1.82) is 0 Å². The minimum absolute atomic E-state index is 0.0283. The Morgan fingerprint density at radius 3 is 1.57 bits per heavy atom. The predicted octanol–water partition coefficient (Wildman–Crippen LogP) is 6.38. The SMILES string of the molecule is CC(C)(C)OC(=O)CN(CCN(CC(=O)OC(C)(C)S)CC(Cc1ccc(N)cc1)N(CC(=O)OC(C)(C)C)Cc1ccccc1)Cc1ccccc1. The molecule has 0 saturated carbocycles. The van der Waals surface area contributed by atoms with Gasteiger partial charge < -0.3 is 19.9 Å². The first-order chi connectivity index (χ1) is 24.7. The van der Waals surface area contributed by atoms with Crippen LogP contribution in [0.25, 0.3) is 0 Å². The molecule has 2 N–H and O–H groups in total. The average molecular weight is 749 g/mol. The maximum atomic E-state index is 13.4. The second kappa shape index (κ2) is 20.0. The Bertz CT molecular complexity index is 1570. The summed E-state index contributed by atoms with van der Waals surface area (Å²) in [5.41, 5.74) is 8.53. The third kappa shape index (κ3) is 18.6. The van der Waals surface area contributed by atoms with E-state index < -0.39 is 22.1 Å². The summed E-state index contributed by atoms with van der Waals surface area (Å²) >= 11 is 4.44. The largest absolute Gasteiger partial charge is 0.459 e. The first-order valence-electron chi connectivity index (χ1n) is 18.2. The molecule has 1 atom stereocenters. The van der Waals surface area contributed by atoms with Crippen LogP contribution in [0.4, 0.5) is 5.69 Å². The lowest BCUT2D eigenvalue weighted by Gasteiger charge is -2.36. The van der Waals surface area contributed by atoms with Crippen LogP contribution in [0, 0.1) is 0 Å². The van der Waals surface area contributed by atoms with Gasteiger partial charge in [0.25, 0.3) is 0 Å². The van der Waals surface area contributed by atoms with Gasteiger partial charge in [-0.25, -0.2) is 0 Å². The van der Waals surface area contributed by atoms with Crippen molar-refractivity contribution in [3.63, 3.8) is 0 Å². The second-order valence-corrected chi connectivity index (χ2v) is 17.1. The van der Waals surface area contributed by atoms with Crippen LogP contribution in [0.5, 0.6) is 0 Å². The van der Waals surface area contributed by atoms with Gasteiger partial charge in [-0.05, 0) is 90.6 Å². The summed E-state index contributed by atoms with van der Waals surface area (Å²) in [6, 6.07) is 27.4. The van der Waals surface area contributed by atoms with Crippen LogP contribution in [0.3, 0.4) is 0 Å². The van der Waals surface area contributed by atoms with E-state index in [9.17, 15) is 14.4 Å². The number of benzene rings is 3. The summed E-state index contributed by atoms with van der Waals surface area (Å²) in [7, 11) is 0. The van der Waals surface area contributed by atoms with Gasteiger partial charge in [-0.3, -0.25) is 29.1 Å². The Kier molecular flexibility index (Phi) is 16.4. The summed E-state index contributed by atoms with van der Waals surface area (Å²) in [4.78, 5) is 45.1. The summed E-state index contributed by atoms with van der Waals surface area (Å²) in [6.45, 7) is 16.9. The number of hydrogen-bond donors (Lipinski definition) is 2. The summed E-state index contributed by atoms with van der Waals surface area (Å²) in [5.74, 6) is -1.10. The number of esters is 3. The third-order valence-corrected chi connectivity index (χ3v) is 7.98. The van der Waals surface area contributed by atoms with Crippen molar-refractivity contribution < 1.29 is 28.6 Å². The van der Waals surface area contributed by atoms with E-state index >= 15 is 0 Å². The zero-order valence-electron chi connectivity index (χ0n) is 32.8. The van der Waals surface area contributed by atoms with Gasteiger partial charge in [0.1, 0.15) is 16.1 Å². The van der Waals surface area contributed by atoms with E-state index in [0.717, 1.165) is 16.7 Å². The minimum atomic E-state index is -0.974. The van der Waals surface area contributed by atoms with Crippen LogP contribution in [0.1, 0.15) is 72.1 Å². The van der Waals surface area contributed by atoms with Gasteiger partial charge in [-0.2, -0.15) is 0 Å². The highest BCUT2D eigenvalue weighted by Crippen LogP contribution is 2.20. The van der Waals surface area contributed by atoms with Crippen molar-refractivity contribution in [3.8, 4) is 0 Å². The fraction of sp³-hybridized carbons (Fsp3) is 0.500. The van der Waals surface area contributed by atoms with Crippen molar-refractivity contribution in [3.05, 3.63) is 102 Å². The van der Waals surface area contributed by atoms with Gasteiger partial charge in [0, 0.05) is 44.5 Å². The molecular formula is C42H60N4O6S. The van der Waals surface area contributed by atoms with E-state index in [1.165, 1.54) is 0 Å². The smallest absolute Gasteiger partial charge is 0.321 e. The lowest BCUT2D eigenvalue weighted by Crippen LogP contribution is -2.50. The first-order valence-corrected chi connectivity index (χ1v) is 18.7. The van der Waals surface area contributed by atoms with Gasteiger partial charge in [0.05, 0.1) is 19.6 Å². The van der Waals surface area contributed by atoms with Crippen molar-refractivity contribution >= 4 is 36.2 Å². The first kappa shape index (κ1) is 43.5. The molecule has 0 fully saturated rings. The lowest BCUT2D eigenvalue weighted by molar-refractivity contribution is -0.157. The molecule has 0 bridgehead atoms. The molecular weight excluding hydrogens is 689 g/mol. The quantitative estimate of drug-likeness (QED) is 0.0471. The molecule has 3 rings (SSSR count). The van der Waals surface area contributed by atoms with Gasteiger partial charge in [-0.1, -0.05) is 72.8 Å². The van der Waals surface area contributed by atoms with Crippen LogP contribution in [0.15, 0.2) is 84.9 Å². The molecule has 290 valence electrons. The molecule has 1 unspecified atom stereocenters. The normalized spacial score (nSPS) is 12.9.